The number of unbranched alkanes of at least 4 members (excludes halogenated alkanes) is 39. The van der Waals surface area contributed by atoms with E-state index in [9.17, 15) is 14.4 Å². The fourth-order valence-electron chi connectivity index (χ4n) is 8.27. The molecule has 60 heavy (non-hydrogen) atoms. The van der Waals surface area contributed by atoms with Crippen LogP contribution in [-0.2, 0) is 28.6 Å². The van der Waals surface area contributed by atoms with E-state index in [2.05, 4.69) is 20.8 Å². The van der Waals surface area contributed by atoms with Gasteiger partial charge in [0.25, 0.3) is 0 Å². The van der Waals surface area contributed by atoms with Gasteiger partial charge >= 0.3 is 17.9 Å². The number of hydrogen-bond acceptors (Lipinski definition) is 6. The molecule has 0 saturated heterocycles. The van der Waals surface area contributed by atoms with Crippen LogP contribution in [0.4, 0.5) is 0 Å². The number of carbonyl (C=O) groups is 3. The Bertz CT molecular complexity index is 889. The third-order valence-corrected chi connectivity index (χ3v) is 12.4. The Hall–Kier alpha value is -1.59. The second kappa shape index (κ2) is 50.1. The molecule has 0 spiro atoms. The molecule has 356 valence electrons. The Morgan fingerprint density at radius 3 is 0.667 bits per heavy atom. The molecule has 0 aliphatic carbocycles. The molecule has 0 N–H and O–H groups in total. The van der Waals surface area contributed by atoms with Gasteiger partial charge in [-0.15, -0.1) is 0 Å². The van der Waals surface area contributed by atoms with Gasteiger partial charge in [0.2, 0.25) is 0 Å². The monoisotopic (exact) mass is 849 g/mol. The molecule has 0 fully saturated rings. The molecule has 0 saturated carbocycles. The van der Waals surface area contributed by atoms with Crippen molar-refractivity contribution >= 4 is 17.9 Å². The lowest BCUT2D eigenvalue weighted by Crippen LogP contribution is -2.30. The van der Waals surface area contributed by atoms with E-state index in [4.69, 9.17) is 14.2 Å². The summed E-state index contributed by atoms with van der Waals surface area (Å²) >= 11 is 0. The van der Waals surface area contributed by atoms with E-state index in [0.717, 1.165) is 57.8 Å². The lowest BCUT2D eigenvalue weighted by molar-refractivity contribution is -0.167. The zero-order chi connectivity index (χ0) is 43.7. The fraction of sp³-hybridized carbons (Fsp3) is 0.944. The molecule has 0 aliphatic heterocycles. The highest BCUT2D eigenvalue weighted by Crippen LogP contribution is 2.17. The summed E-state index contributed by atoms with van der Waals surface area (Å²) in [6.07, 6.45) is 53.7. The number of esters is 3. The second-order valence-electron chi connectivity index (χ2n) is 18.5. The van der Waals surface area contributed by atoms with Crippen LogP contribution in [0.25, 0.3) is 0 Å². The minimum Gasteiger partial charge on any atom is -0.462 e. The molecule has 0 radical (unpaired) electrons. The Kier molecular flexibility index (Phi) is 48.7. The van der Waals surface area contributed by atoms with Crippen LogP contribution in [0.3, 0.4) is 0 Å². The maximum absolute atomic E-state index is 12.8. The van der Waals surface area contributed by atoms with Gasteiger partial charge in [-0.25, -0.2) is 0 Å². The average molecular weight is 849 g/mol. The molecule has 0 rings (SSSR count). The summed E-state index contributed by atoms with van der Waals surface area (Å²) in [7, 11) is 0. The molecule has 0 bridgehead atoms. The predicted molar refractivity (Wildman–Crippen MR) is 257 cm³/mol. The van der Waals surface area contributed by atoms with E-state index in [1.165, 1.54) is 212 Å². The number of hydrogen-bond donors (Lipinski definition) is 0. The zero-order valence-corrected chi connectivity index (χ0v) is 40.8. The Morgan fingerprint density at radius 2 is 0.450 bits per heavy atom. The molecule has 6 heteroatoms. The van der Waals surface area contributed by atoms with Gasteiger partial charge in [0.05, 0.1) is 0 Å². The Labute approximate surface area is 374 Å². The van der Waals surface area contributed by atoms with Crippen LogP contribution in [0.5, 0.6) is 0 Å². The molecule has 0 aromatic rings. The highest BCUT2D eigenvalue weighted by molar-refractivity contribution is 5.71. The molecule has 0 heterocycles. The average Bonchev–Trinajstić information content (AvgIpc) is 3.24. The van der Waals surface area contributed by atoms with Crippen LogP contribution in [0.15, 0.2) is 0 Å². The third-order valence-electron chi connectivity index (χ3n) is 12.4. The van der Waals surface area contributed by atoms with E-state index in [0.29, 0.717) is 19.3 Å². The van der Waals surface area contributed by atoms with E-state index in [1.807, 2.05) is 0 Å². The maximum Gasteiger partial charge on any atom is 0.306 e. The normalized spacial score (nSPS) is 11.8. The molecule has 6 nitrogen and oxygen atoms in total. The summed E-state index contributed by atoms with van der Waals surface area (Å²) in [6, 6.07) is 0. The second-order valence-corrected chi connectivity index (χ2v) is 18.5. The highest BCUT2D eigenvalue weighted by atomic mass is 16.6. The summed E-state index contributed by atoms with van der Waals surface area (Å²) in [5.41, 5.74) is 0. The third kappa shape index (κ3) is 47.5. The van der Waals surface area contributed by atoms with Crippen LogP contribution >= 0.6 is 0 Å². The largest absolute Gasteiger partial charge is 0.462 e. The van der Waals surface area contributed by atoms with Gasteiger partial charge in [-0.3, -0.25) is 14.4 Å². The van der Waals surface area contributed by atoms with Crippen LogP contribution < -0.4 is 0 Å². The van der Waals surface area contributed by atoms with Gasteiger partial charge in [-0.2, -0.15) is 0 Å². The lowest BCUT2D eigenvalue weighted by atomic mass is 10.0. The minimum atomic E-state index is -0.759. The van der Waals surface area contributed by atoms with Gasteiger partial charge in [0.15, 0.2) is 6.10 Å². The van der Waals surface area contributed by atoms with Crippen molar-refractivity contribution < 1.29 is 28.6 Å². The molecular weight excluding hydrogens is 745 g/mol. The quantitative estimate of drug-likeness (QED) is 0.0345. The molecular formula is C54H104O6. The molecule has 0 aromatic heterocycles. The first kappa shape index (κ1) is 58.4. The molecule has 1 atom stereocenters. The highest BCUT2D eigenvalue weighted by Gasteiger charge is 2.19. The summed E-state index contributed by atoms with van der Waals surface area (Å²) < 4.78 is 16.8. The van der Waals surface area contributed by atoms with Crippen LogP contribution in [0.1, 0.15) is 310 Å². The van der Waals surface area contributed by atoms with Gasteiger partial charge < -0.3 is 14.2 Å². The first-order valence-electron chi connectivity index (χ1n) is 27.0. The van der Waals surface area contributed by atoms with Crippen molar-refractivity contribution in [1.82, 2.24) is 0 Å². The lowest BCUT2D eigenvalue weighted by Gasteiger charge is -2.18. The SMILES string of the molecule is CCCCCCCCCCCCCCCCCCCCC(=O)OC[C@H](COC(=O)CCCCCCCCCCCCCC)OC(=O)CCCCCCCCCCCCCC. The Balaban J connectivity index is 4.25. The molecule has 0 aliphatic rings. The van der Waals surface area contributed by atoms with Crippen molar-refractivity contribution in [3.63, 3.8) is 0 Å². The standard InChI is InChI=1S/C54H104O6/c1-4-7-10-13-16-19-22-25-26-27-28-29-30-33-35-38-41-44-47-53(56)59-50-51(60-54(57)48-45-42-39-36-32-24-21-18-15-12-9-6-3)49-58-52(55)46-43-40-37-34-31-23-20-17-14-11-8-5-2/h51H,4-50H2,1-3H3/t51-/m0/s1. The summed E-state index contributed by atoms with van der Waals surface area (Å²) in [6.45, 7) is 6.68. The Morgan fingerprint density at radius 1 is 0.267 bits per heavy atom. The van der Waals surface area contributed by atoms with Gasteiger partial charge in [-0.1, -0.05) is 271 Å². The van der Waals surface area contributed by atoms with Crippen molar-refractivity contribution in [2.75, 3.05) is 13.2 Å². The smallest absolute Gasteiger partial charge is 0.306 e. The minimum absolute atomic E-state index is 0.0616. The predicted octanol–water partition coefficient (Wildman–Crippen LogP) is 17.6. The maximum atomic E-state index is 12.8. The van der Waals surface area contributed by atoms with Crippen molar-refractivity contribution in [1.29, 1.82) is 0 Å². The van der Waals surface area contributed by atoms with Gasteiger partial charge in [0.1, 0.15) is 13.2 Å². The first-order chi connectivity index (χ1) is 29.5. The van der Waals surface area contributed by atoms with Crippen molar-refractivity contribution in [3.05, 3.63) is 0 Å². The van der Waals surface area contributed by atoms with Gasteiger partial charge in [0, 0.05) is 19.3 Å². The molecule has 0 amide bonds. The summed E-state index contributed by atoms with van der Waals surface area (Å²) in [5.74, 6) is -0.839. The van der Waals surface area contributed by atoms with Crippen molar-refractivity contribution in [3.8, 4) is 0 Å². The topological polar surface area (TPSA) is 78.9 Å². The zero-order valence-electron chi connectivity index (χ0n) is 40.8. The summed E-state index contributed by atoms with van der Waals surface area (Å²) in [4.78, 5) is 38.0. The van der Waals surface area contributed by atoms with E-state index < -0.39 is 6.10 Å². The van der Waals surface area contributed by atoms with Gasteiger partial charge in [-0.05, 0) is 19.3 Å². The first-order valence-corrected chi connectivity index (χ1v) is 27.0. The number of ether oxygens (including phenoxy) is 3. The van der Waals surface area contributed by atoms with Crippen LogP contribution in [0, 0.1) is 0 Å². The van der Waals surface area contributed by atoms with Crippen molar-refractivity contribution in [2.24, 2.45) is 0 Å². The number of rotatable bonds is 50. The van der Waals surface area contributed by atoms with E-state index in [1.54, 1.807) is 0 Å². The van der Waals surface area contributed by atoms with Crippen molar-refractivity contribution in [2.45, 2.75) is 316 Å². The number of carbonyl (C=O) groups excluding carboxylic acids is 3. The molecule has 0 aromatic carbocycles. The molecule has 0 unspecified atom stereocenters. The summed E-state index contributed by atoms with van der Waals surface area (Å²) in [5, 5.41) is 0. The fourth-order valence-corrected chi connectivity index (χ4v) is 8.27. The van der Waals surface area contributed by atoms with Crippen LogP contribution in [0.2, 0.25) is 0 Å². The van der Waals surface area contributed by atoms with E-state index in [-0.39, 0.29) is 31.1 Å². The van der Waals surface area contributed by atoms with Crippen LogP contribution in [-0.4, -0.2) is 37.2 Å². The van der Waals surface area contributed by atoms with E-state index >= 15 is 0 Å².